The normalized spacial score (nSPS) is 16.4. The summed E-state index contributed by atoms with van der Waals surface area (Å²) in [5.41, 5.74) is 5.08. The molecule has 3 aromatic rings. The smallest absolute Gasteiger partial charge is 0.242 e. The van der Waals surface area contributed by atoms with E-state index in [2.05, 4.69) is 65.9 Å². The van der Waals surface area contributed by atoms with Crippen LogP contribution in [0.3, 0.4) is 0 Å². The maximum atomic E-state index is 13.7. The number of nitrogens with one attached hydrogen (secondary N) is 5. The Morgan fingerprint density at radius 3 is 1.71 bits per heavy atom. The SMILES string of the molecule is CC(C)(C)C1=CC2=NC1C=Cc1[nH]c(cc1C(C)(C)C)-c1cc(S(=O)(=O)NCCOCCO)c([nH]1)C=Cc1[nH]c2cc1S(=O)(=O)NCCOCCO. The summed E-state index contributed by atoms with van der Waals surface area (Å²) < 4.78 is 70.4. The Balaban J connectivity index is 1.68. The molecule has 16 heteroatoms. The lowest BCUT2D eigenvalue weighted by atomic mass is 9.82. The van der Waals surface area contributed by atoms with Crippen molar-refractivity contribution in [1.29, 1.82) is 0 Å². The number of sulfonamides is 2. The summed E-state index contributed by atoms with van der Waals surface area (Å²) in [5.74, 6) is 0. The number of aliphatic imine (C=N–C) groups is 1. The van der Waals surface area contributed by atoms with E-state index in [-0.39, 0.29) is 90.8 Å². The predicted octanol–water partition coefficient (Wildman–Crippen LogP) is 3.55. The number of H-pyrrole nitrogens is 3. The van der Waals surface area contributed by atoms with Gasteiger partial charge in [0, 0.05) is 18.8 Å². The molecule has 1 unspecified atom stereocenters. The van der Waals surface area contributed by atoms with Crippen LogP contribution in [0.5, 0.6) is 0 Å². The van der Waals surface area contributed by atoms with Crippen LogP contribution in [-0.4, -0.2) is 106 Å². The van der Waals surface area contributed by atoms with Gasteiger partial charge in [0.15, 0.2) is 0 Å². The number of nitrogens with zero attached hydrogens (tertiary/aromatic N) is 1. The molecular weight excluding hydrogens is 709 g/mol. The fourth-order valence-electron chi connectivity index (χ4n) is 6.03. The standard InChI is InChI=1S/C36H50N6O8S2/c1-35(2,3)23-19-29-31-21-33(51(45,46)37-11-15-49-17-13-43)27(41-31)9-10-28-34(52(47,48)38-12-16-50-18-14-44)22-32(42-28)30-20-24(36(4,5)6)26(40-30)8-7-25(23)39-29/h7-10,19-22,25,37-38,40-44H,11-18H2,1-6H3. The number of hydrogen-bond donors (Lipinski definition) is 7. The molecule has 0 spiro atoms. The van der Waals surface area contributed by atoms with Crippen molar-refractivity contribution in [2.24, 2.45) is 10.4 Å². The Morgan fingerprint density at radius 2 is 1.19 bits per heavy atom. The van der Waals surface area contributed by atoms with Crippen LogP contribution in [0, 0.1) is 5.41 Å². The minimum atomic E-state index is -4.09. The van der Waals surface area contributed by atoms with Gasteiger partial charge in [-0.25, -0.2) is 26.3 Å². The first kappa shape index (κ1) is 39.6. The highest BCUT2D eigenvalue weighted by Crippen LogP contribution is 2.37. The van der Waals surface area contributed by atoms with E-state index in [4.69, 9.17) is 24.7 Å². The van der Waals surface area contributed by atoms with E-state index in [0.29, 0.717) is 22.8 Å². The van der Waals surface area contributed by atoms with Crippen molar-refractivity contribution in [2.75, 3.05) is 52.7 Å². The van der Waals surface area contributed by atoms with Gasteiger partial charge in [0.2, 0.25) is 20.0 Å². The minimum Gasteiger partial charge on any atom is -0.394 e. The highest BCUT2D eigenvalue weighted by Gasteiger charge is 2.31. The van der Waals surface area contributed by atoms with Gasteiger partial charge in [-0.2, -0.15) is 0 Å². The van der Waals surface area contributed by atoms with Gasteiger partial charge in [-0.15, -0.1) is 0 Å². The van der Waals surface area contributed by atoms with Gasteiger partial charge in [0.05, 0.1) is 79.9 Å². The van der Waals surface area contributed by atoms with Gasteiger partial charge >= 0.3 is 0 Å². The second-order valence-corrected chi connectivity index (χ2v) is 18.1. The third kappa shape index (κ3) is 9.12. The van der Waals surface area contributed by atoms with Gasteiger partial charge in [0.1, 0.15) is 9.79 Å². The first-order valence-electron chi connectivity index (χ1n) is 17.2. The minimum absolute atomic E-state index is 0.0267. The van der Waals surface area contributed by atoms with Gasteiger partial charge in [0.25, 0.3) is 0 Å². The average Bonchev–Trinajstić information content (AvgIpc) is 3.85. The highest BCUT2D eigenvalue weighted by molar-refractivity contribution is 7.89. The molecule has 8 bridgehead atoms. The zero-order valence-electron chi connectivity index (χ0n) is 30.5. The molecule has 2 aliphatic rings. The number of aliphatic hydroxyl groups is 2. The average molecular weight is 759 g/mol. The van der Waals surface area contributed by atoms with E-state index in [1.165, 1.54) is 18.2 Å². The monoisotopic (exact) mass is 758 g/mol. The molecule has 1 atom stereocenters. The van der Waals surface area contributed by atoms with E-state index < -0.39 is 20.0 Å². The quantitative estimate of drug-likeness (QED) is 0.121. The van der Waals surface area contributed by atoms with Crippen LogP contribution in [0.15, 0.2) is 50.7 Å². The number of ether oxygens (including phenoxy) is 2. The first-order valence-corrected chi connectivity index (χ1v) is 20.1. The molecule has 3 aromatic heterocycles. The number of allylic oxidation sites excluding steroid dienone is 1. The third-order valence-electron chi connectivity index (χ3n) is 8.59. The summed E-state index contributed by atoms with van der Waals surface area (Å²) in [6.45, 7) is 12.5. The summed E-state index contributed by atoms with van der Waals surface area (Å²) in [6, 6.07) is 4.74. The van der Waals surface area contributed by atoms with Crippen LogP contribution in [0.2, 0.25) is 0 Å². The molecule has 0 aromatic carbocycles. The van der Waals surface area contributed by atoms with E-state index in [0.717, 1.165) is 16.8 Å². The lowest BCUT2D eigenvalue weighted by Gasteiger charge is -2.24. The molecule has 0 fully saturated rings. The van der Waals surface area contributed by atoms with Gasteiger partial charge < -0.3 is 34.6 Å². The molecule has 0 saturated heterocycles. The van der Waals surface area contributed by atoms with Crippen LogP contribution in [0.25, 0.3) is 29.6 Å². The summed E-state index contributed by atoms with van der Waals surface area (Å²) in [5, 5.41) is 18.0. The van der Waals surface area contributed by atoms with E-state index >= 15 is 0 Å². The second kappa shape index (κ2) is 15.8. The first-order chi connectivity index (χ1) is 24.4. The maximum absolute atomic E-state index is 13.7. The van der Waals surface area contributed by atoms with Gasteiger partial charge in [-0.05, 0) is 64.5 Å². The predicted molar refractivity (Wildman–Crippen MR) is 202 cm³/mol. The summed E-state index contributed by atoms with van der Waals surface area (Å²) in [6.07, 6.45) is 9.06. The summed E-state index contributed by atoms with van der Waals surface area (Å²) >= 11 is 0. The zero-order valence-corrected chi connectivity index (χ0v) is 32.1. The Labute approximate surface area is 305 Å². The van der Waals surface area contributed by atoms with Crippen LogP contribution >= 0.6 is 0 Å². The van der Waals surface area contributed by atoms with Crippen LogP contribution in [0.1, 0.15) is 69.9 Å². The van der Waals surface area contributed by atoms with Crippen LogP contribution in [0.4, 0.5) is 0 Å². The molecule has 284 valence electrons. The van der Waals surface area contributed by atoms with Crippen LogP contribution in [-0.2, 0) is 34.9 Å². The Hall–Kier alpha value is -3.61. The molecule has 52 heavy (non-hydrogen) atoms. The zero-order chi connectivity index (χ0) is 37.9. The fourth-order valence-corrected chi connectivity index (χ4v) is 8.41. The number of rotatable bonds is 14. The Bertz CT molecular complexity index is 2090. The van der Waals surface area contributed by atoms with E-state index in [1.54, 1.807) is 6.07 Å². The van der Waals surface area contributed by atoms with Crippen molar-refractivity contribution in [3.63, 3.8) is 0 Å². The highest BCUT2D eigenvalue weighted by atomic mass is 32.2. The van der Waals surface area contributed by atoms with Crippen molar-refractivity contribution < 1.29 is 36.5 Å². The number of aromatic amines is 3. The van der Waals surface area contributed by atoms with Crippen molar-refractivity contribution >= 4 is 44.0 Å². The molecule has 0 amide bonds. The van der Waals surface area contributed by atoms with E-state index in [1.807, 2.05) is 24.3 Å². The molecule has 5 heterocycles. The third-order valence-corrected chi connectivity index (χ3v) is 11.6. The topological polar surface area (TPSA) is 211 Å². The molecule has 2 aliphatic heterocycles. The number of aliphatic hydroxyl groups excluding tert-OH is 2. The van der Waals surface area contributed by atoms with Crippen molar-refractivity contribution in [3.8, 4) is 11.4 Å². The number of hydrogen-bond acceptors (Lipinski definition) is 9. The largest absolute Gasteiger partial charge is 0.394 e. The molecule has 5 rings (SSSR count). The van der Waals surface area contributed by atoms with Crippen molar-refractivity contribution in [1.82, 2.24) is 24.4 Å². The van der Waals surface area contributed by atoms with E-state index in [9.17, 15) is 16.8 Å². The summed E-state index contributed by atoms with van der Waals surface area (Å²) in [7, 11) is -8.18. The lowest BCUT2D eigenvalue weighted by molar-refractivity contribution is 0.0961. The molecule has 14 nitrogen and oxygen atoms in total. The Morgan fingerprint density at radius 1 is 0.692 bits per heavy atom. The molecule has 0 radical (unpaired) electrons. The number of aromatic nitrogens is 3. The van der Waals surface area contributed by atoms with Gasteiger partial charge in [-0.1, -0.05) is 47.6 Å². The maximum Gasteiger partial charge on any atom is 0.242 e. The molecule has 0 saturated carbocycles. The lowest BCUT2D eigenvalue weighted by Crippen LogP contribution is -2.28. The fraction of sp³-hybridized carbons (Fsp3) is 0.472. The number of fused-ring (bicyclic) bond motifs is 9. The second-order valence-electron chi connectivity index (χ2n) is 14.7. The van der Waals surface area contributed by atoms with Crippen molar-refractivity contribution in [2.45, 2.75) is 62.8 Å². The molecule has 0 aliphatic carbocycles. The van der Waals surface area contributed by atoms with Crippen molar-refractivity contribution in [3.05, 3.63) is 64.3 Å². The Kier molecular flexibility index (Phi) is 12.0. The molecule has 7 N–H and O–H groups in total. The summed E-state index contributed by atoms with van der Waals surface area (Å²) in [4.78, 5) is 14.9. The molecular formula is C36H50N6O8S2. The van der Waals surface area contributed by atoms with Gasteiger partial charge in [-0.3, -0.25) is 4.99 Å². The van der Waals surface area contributed by atoms with Crippen LogP contribution < -0.4 is 9.44 Å².